The normalized spacial score (nSPS) is 14.8. The molecule has 7 heteroatoms. The number of imidazole rings is 1. The Morgan fingerprint density at radius 1 is 1.23 bits per heavy atom. The third-order valence-corrected chi connectivity index (χ3v) is 4.12. The number of aliphatic hydroxyl groups is 1. The Bertz CT molecular complexity index is 849. The van der Waals surface area contributed by atoms with Crippen LogP contribution in [0.2, 0.25) is 0 Å². The van der Waals surface area contributed by atoms with Gasteiger partial charge in [-0.05, 0) is 6.92 Å². The number of nitrogens with zero attached hydrogens (tertiary/aromatic N) is 1. The number of aromatic nitrogens is 2. The average molecular weight is 359 g/mol. The number of halogens is 2. The van der Waals surface area contributed by atoms with Crippen LogP contribution in [-0.2, 0) is 12.1 Å². The Kier molecular flexibility index (Phi) is 5.01. The maximum atomic E-state index is 14.5. The first kappa shape index (κ1) is 18.0. The van der Waals surface area contributed by atoms with E-state index in [1.54, 1.807) is 43.5 Å². The fourth-order valence-corrected chi connectivity index (χ4v) is 3.03. The molecule has 0 spiro atoms. The van der Waals surface area contributed by atoms with Gasteiger partial charge in [-0.25, -0.2) is 13.8 Å². The molecule has 4 N–H and O–H groups in total. The minimum Gasteiger partial charge on any atom is -0.507 e. The maximum absolute atomic E-state index is 14.5. The third kappa shape index (κ3) is 3.58. The van der Waals surface area contributed by atoms with Crippen molar-refractivity contribution in [3.05, 3.63) is 83.4 Å². The predicted octanol–water partition coefficient (Wildman–Crippen LogP) is 2.81. The highest BCUT2D eigenvalue weighted by molar-refractivity contribution is 5.44. The van der Waals surface area contributed by atoms with Gasteiger partial charge >= 0.3 is 0 Å². The van der Waals surface area contributed by atoms with Crippen molar-refractivity contribution in [2.45, 2.75) is 25.1 Å². The number of phenolic OH excluding ortho intramolecular Hbond substituents is 1. The first-order chi connectivity index (χ1) is 12.4. The second-order valence-corrected chi connectivity index (χ2v) is 6.18. The van der Waals surface area contributed by atoms with Gasteiger partial charge in [-0.15, -0.1) is 0 Å². The molecule has 1 unspecified atom stereocenters. The van der Waals surface area contributed by atoms with Crippen LogP contribution < -0.4 is 5.32 Å². The van der Waals surface area contributed by atoms with E-state index in [1.165, 1.54) is 6.33 Å². The van der Waals surface area contributed by atoms with Crippen LogP contribution in [-0.4, -0.2) is 26.2 Å². The van der Waals surface area contributed by atoms with Crippen LogP contribution in [0.5, 0.6) is 5.75 Å². The summed E-state index contributed by atoms with van der Waals surface area (Å²) >= 11 is 0. The molecule has 0 bridgehead atoms. The molecule has 0 saturated heterocycles. The number of aromatic amines is 1. The van der Waals surface area contributed by atoms with Crippen LogP contribution in [0, 0.1) is 11.6 Å². The molecule has 0 fully saturated rings. The zero-order chi connectivity index (χ0) is 18.7. The topological polar surface area (TPSA) is 81.2 Å². The molecule has 3 rings (SSSR count). The molecular weight excluding hydrogens is 340 g/mol. The highest BCUT2D eigenvalue weighted by atomic mass is 19.1. The third-order valence-electron chi connectivity index (χ3n) is 4.12. The van der Waals surface area contributed by atoms with E-state index < -0.39 is 28.7 Å². The van der Waals surface area contributed by atoms with Gasteiger partial charge in [-0.1, -0.05) is 30.3 Å². The van der Waals surface area contributed by atoms with E-state index >= 15 is 0 Å². The number of phenols is 1. The zero-order valence-corrected chi connectivity index (χ0v) is 14.1. The lowest BCUT2D eigenvalue weighted by Gasteiger charge is -2.34. The van der Waals surface area contributed by atoms with E-state index in [-0.39, 0.29) is 6.04 Å². The summed E-state index contributed by atoms with van der Waals surface area (Å²) in [6.07, 6.45) is 3.66. The lowest BCUT2D eigenvalue weighted by molar-refractivity contribution is 0.0263. The van der Waals surface area contributed by atoms with Gasteiger partial charge in [-0.2, -0.15) is 0 Å². The molecule has 2 atom stereocenters. The van der Waals surface area contributed by atoms with Crippen LogP contribution >= 0.6 is 0 Å². The summed E-state index contributed by atoms with van der Waals surface area (Å²) in [7, 11) is 0. The molecule has 2 aromatic carbocycles. The SMILES string of the molecule is C[C@H](Cc1cnc[nH]1)NC(O)(c1ccccc1)c1c(O)cc(F)cc1F. The van der Waals surface area contributed by atoms with E-state index in [2.05, 4.69) is 15.3 Å². The summed E-state index contributed by atoms with van der Waals surface area (Å²) in [6, 6.07) is 9.37. The van der Waals surface area contributed by atoms with Crippen molar-refractivity contribution in [2.24, 2.45) is 0 Å². The van der Waals surface area contributed by atoms with Crippen molar-refractivity contribution in [2.75, 3.05) is 0 Å². The highest BCUT2D eigenvalue weighted by Crippen LogP contribution is 2.36. The van der Waals surface area contributed by atoms with Crippen molar-refractivity contribution in [1.82, 2.24) is 15.3 Å². The van der Waals surface area contributed by atoms with Crippen LogP contribution in [0.4, 0.5) is 8.78 Å². The van der Waals surface area contributed by atoms with Crippen LogP contribution in [0.1, 0.15) is 23.7 Å². The van der Waals surface area contributed by atoms with Crippen LogP contribution in [0.25, 0.3) is 0 Å². The molecule has 0 aliphatic carbocycles. The molecule has 26 heavy (non-hydrogen) atoms. The van der Waals surface area contributed by atoms with Gasteiger partial charge in [0.25, 0.3) is 0 Å². The van der Waals surface area contributed by atoms with Crippen molar-refractivity contribution in [1.29, 1.82) is 0 Å². The molecule has 136 valence electrons. The Balaban J connectivity index is 2.03. The molecule has 1 aromatic heterocycles. The fraction of sp³-hybridized carbons (Fsp3) is 0.211. The first-order valence-electron chi connectivity index (χ1n) is 8.11. The van der Waals surface area contributed by atoms with Crippen LogP contribution in [0.3, 0.4) is 0 Å². The smallest absolute Gasteiger partial charge is 0.175 e. The number of rotatable bonds is 6. The summed E-state index contributed by atoms with van der Waals surface area (Å²) in [6.45, 7) is 1.80. The van der Waals surface area contributed by atoms with E-state index in [9.17, 15) is 19.0 Å². The summed E-state index contributed by atoms with van der Waals surface area (Å²) < 4.78 is 27.9. The summed E-state index contributed by atoms with van der Waals surface area (Å²) in [5.74, 6) is -2.64. The average Bonchev–Trinajstić information content (AvgIpc) is 3.07. The van der Waals surface area contributed by atoms with Gasteiger partial charge in [0.05, 0.1) is 11.9 Å². The van der Waals surface area contributed by atoms with E-state index in [0.717, 1.165) is 11.8 Å². The first-order valence-corrected chi connectivity index (χ1v) is 8.11. The fourth-order valence-electron chi connectivity index (χ4n) is 3.03. The Morgan fingerprint density at radius 2 is 1.96 bits per heavy atom. The second-order valence-electron chi connectivity index (χ2n) is 6.18. The van der Waals surface area contributed by atoms with E-state index in [4.69, 9.17) is 0 Å². The van der Waals surface area contributed by atoms with Gasteiger partial charge in [0.2, 0.25) is 0 Å². The van der Waals surface area contributed by atoms with Gasteiger partial charge in [0, 0.05) is 42.0 Å². The summed E-state index contributed by atoms with van der Waals surface area (Å²) in [5.41, 5.74) is -1.34. The number of hydrogen-bond donors (Lipinski definition) is 4. The minimum absolute atomic E-state index is 0.317. The molecule has 0 aliphatic rings. The highest BCUT2D eigenvalue weighted by Gasteiger charge is 2.38. The van der Waals surface area contributed by atoms with E-state index in [1.807, 2.05) is 0 Å². The Labute approximate surface area is 149 Å². The van der Waals surface area contributed by atoms with E-state index in [0.29, 0.717) is 18.1 Å². The zero-order valence-electron chi connectivity index (χ0n) is 14.1. The molecule has 0 saturated carbocycles. The van der Waals surface area contributed by atoms with Gasteiger partial charge in [-0.3, -0.25) is 5.32 Å². The van der Waals surface area contributed by atoms with Crippen molar-refractivity contribution in [3.63, 3.8) is 0 Å². The maximum Gasteiger partial charge on any atom is 0.175 e. The monoisotopic (exact) mass is 359 g/mol. The lowest BCUT2D eigenvalue weighted by atomic mass is 9.91. The number of benzene rings is 2. The number of hydrogen-bond acceptors (Lipinski definition) is 4. The van der Waals surface area contributed by atoms with Crippen molar-refractivity contribution in [3.8, 4) is 5.75 Å². The number of H-pyrrole nitrogens is 1. The van der Waals surface area contributed by atoms with Crippen LogP contribution in [0.15, 0.2) is 55.0 Å². The van der Waals surface area contributed by atoms with Gasteiger partial charge in [0.1, 0.15) is 17.4 Å². The largest absolute Gasteiger partial charge is 0.507 e. The number of aromatic hydroxyl groups is 1. The van der Waals surface area contributed by atoms with Crippen molar-refractivity contribution < 1.29 is 19.0 Å². The Hall–Kier alpha value is -2.77. The number of nitrogens with one attached hydrogen (secondary N) is 2. The predicted molar refractivity (Wildman–Crippen MR) is 92.4 cm³/mol. The van der Waals surface area contributed by atoms with Gasteiger partial charge in [0.15, 0.2) is 5.72 Å². The molecule has 0 amide bonds. The molecule has 1 heterocycles. The summed E-state index contributed by atoms with van der Waals surface area (Å²) in [4.78, 5) is 6.90. The lowest BCUT2D eigenvalue weighted by Crippen LogP contribution is -2.49. The molecule has 0 radical (unpaired) electrons. The van der Waals surface area contributed by atoms with Crippen molar-refractivity contribution >= 4 is 0 Å². The molecule has 5 nitrogen and oxygen atoms in total. The standard InChI is InChI=1S/C19H19F2N3O2/c1-12(7-15-10-22-11-23-15)24-19(26,13-5-3-2-4-6-13)18-16(21)8-14(20)9-17(18)25/h2-6,8-12,24-26H,7H2,1H3,(H,22,23)/t12-,19?/m1/s1. The molecule has 3 aromatic rings. The summed E-state index contributed by atoms with van der Waals surface area (Å²) in [5, 5.41) is 24.4. The minimum atomic E-state index is -2.05. The van der Waals surface area contributed by atoms with Gasteiger partial charge < -0.3 is 15.2 Å². The Morgan fingerprint density at radius 3 is 2.58 bits per heavy atom. The molecule has 0 aliphatic heterocycles. The molecular formula is C19H19F2N3O2. The second kappa shape index (κ2) is 7.23. The quantitative estimate of drug-likeness (QED) is 0.510.